The van der Waals surface area contributed by atoms with E-state index >= 15 is 0 Å². The molecule has 0 saturated heterocycles. The Balaban J connectivity index is 0.872. The first kappa shape index (κ1) is 44.7. The van der Waals surface area contributed by atoms with Crippen LogP contribution < -0.4 is 14.7 Å². The Kier molecular flexibility index (Phi) is 12.6. The maximum atomic E-state index is 2.40. The molecule has 0 aliphatic rings. The van der Waals surface area contributed by atoms with Gasteiger partial charge in [-0.05, 0) is 142 Å². The molecule has 0 amide bonds. The van der Waals surface area contributed by atoms with Crippen LogP contribution in [0.3, 0.4) is 0 Å². The summed E-state index contributed by atoms with van der Waals surface area (Å²) in [4.78, 5) is 7.08. The number of fused-ring (bicyclic) bond motifs is 2. The van der Waals surface area contributed by atoms with E-state index in [9.17, 15) is 0 Å². The highest BCUT2D eigenvalue weighted by Gasteiger charge is 2.20. The summed E-state index contributed by atoms with van der Waals surface area (Å²) < 4.78 is 0. The van der Waals surface area contributed by atoms with Crippen molar-refractivity contribution in [3.8, 4) is 11.1 Å². The van der Waals surface area contributed by atoms with Gasteiger partial charge < -0.3 is 14.7 Å². The molecule has 0 radical (unpaired) electrons. The van der Waals surface area contributed by atoms with Gasteiger partial charge in [0.2, 0.25) is 0 Å². The van der Waals surface area contributed by atoms with Crippen LogP contribution in [0.25, 0.3) is 32.7 Å². The summed E-state index contributed by atoms with van der Waals surface area (Å²) in [5.41, 5.74) is 16.2. The smallest absolute Gasteiger partial charge is 0.0540 e. The number of anilines is 9. The minimum absolute atomic E-state index is 0.258. The van der Waals surface area contributed by atoms with Gasteiger partial charge in [0.15, 0.2) is 0 Å². The fraction of sp³-hybridized carbons (Fsp3) is 0.0286. The van der Waals surface area contributed by atoms with Crippen LogP contribution in [0.4, 0.5) is 51.2 Å². The lowest BCUT2D eigenvalue weighted by Crippen LogP contribution is -2.12. The molecule has 0 saturated carbocycles. The van der Waals surface area contributed by atoms with E-state index < -0.39 is 0 Å². The highest BCUT2D eigenvalue weighted by atomic mass is 15.2. The topological polar surface area (TPSA) is 9.72 Å². The number of hydrogen-bond donors (Lipinski definition) is 0. The molecule has 12 aromatic rings. The van der Waals surface area contributed by atoms with Crippen LogP contribution >= 0.6 is 0 Å². The third kappa shape index (κ3) is 9.36. The number of benzene rings is 12. The van der Waals surface area contributed by atoms with Gasteiger partial charge in [-0.1, -0.05) is 206 Å². The van der Waals surface area contributed by atoms with E-state index in [4.69, 9.17) is 0 Å². The van der Waals surface area contributed by atoms with E-state index in [2.05, 4.69) is 318 Å². The predicted octanol–water partition coefficient (Wildman–Crippen LogP) is 19.4. The second-order valence-corrected chi connectivity index (χ2v) is 18.5. The zero-order chi connectivity index (χ0) is 48.8. The van der Waals surface area contributed by atoms with Gasteiger partial charge in [0.05, 0.1) is 11.4 Å². The number of nitrogens with zero attached hydrogens (tertiary/aromatic N) is 3. The van der Waals surface area contributed by atoms with Crippen molar-refractivity contribution in [3.05, 3.63) is 320 Å². The third-order valence-corrected chi connectivity index (χ3v) is 14.0. The van der Waals surface area contributed by atoms with Crippen LogP contribution in [0.2, 0.25) is 0 Å². The summed E-state index contributed by atoms with van der Waals surface area (Å²) >= 11 is 0. The van der Waals surface area contributed by atoms with E-state index in [-0.39, 0.29) is 5.92 Å². The molecule has 0 bridgehead atoms. The van der Waals surface area contributed by atoms with Gasteiger partial charge in [-0.3, -0.25) is 0 Å². The van der Waals surface area contributed by atoms with E-state index in [1.165, 1.54) is 38.2 Å². The first-order valence-corrected chi connectivity index (χ1v) is 25.2. The van der Waals surface area contributed by atoms with Gasteiger partial charge in [0.25, 0.3) is 0 Å². The summed E-state index contributed by atoms with van der Waals surface area (Å²) in [7, 11) is 0. The van der Waals surface area contributed by atoms with Gasteiger partial charge in [0, 0.05) is 56.5 Å². The van der Waals surface area contributed by atoms with Crippen LogP contribution in [0.15, 0.2) is 303 Å². The highest BCUT2D eigenvalue weighted by Crippen LogP contribution is 2.44. The molecule has 12 aromatic carbocycles. The molecule has 3 heteroatoms. The minimum atomic E-state index is 0.258. The van der Waals surface area contributed by atoms with E-state index in [0.29, 0.717) is 0 Å². The lowest BCUT2D eigenvalue weighted by molar-refractivity contribution is 0.805. The molecule has 73 heavy (non-hydrogen) atoms. The van der Waals surface area contributed by atoms with Crippen LogP contribution in [-0.4, -0.2) is 0 Å². The number of rotatable bonds is 14. The van der Waals surface area contributed by atoms with Crippen molar-refractivity contribution in [2.45, 2.75) is 12.3 Å². The van der Waals surface area contributed by atoms with Gasteiger partial charge in [0.1, 0.15) is 0 Å². The Morgan fingerprint density at radius 2 is 0.534 bits per heavy atom. The monoisotopic (exact) mass is 935 g/mol. The second kappa shape index (κ2) is 20.5. The molecule has 0 fully saturated rings. The lowest BCUT2D eigenvalue weighted by atomic mass is 9.86. The summed E-state index contributed by atoms with van der Waals surface area (Å²) in [6.07, 6.45) is 0.907. The number of hydrogen-bond acceptors (Lipinski definition) is 3. The summed E-state index contributed by atoms with van der Waals surface area (Å²) in [5.74, 6) is 0.258. The fourth-order valence-electron chi connectivity index (χ4n) is 10.4. The maximum absolute atomic E-state index is 2.40. The summed E-state index contributed by atoms with van der Waals surface area (Å²) in [5, 5.41) is 4.81. The van der Waals surface area contributed by atoms with Crippen LogP contribution in [0.1, 0.15) is 22.6 Å². The molecule has 0 aliphatic carbocycles. The van der Waals surface area contributed by atoms with Crippen molar-refractivity contribution >= 4 is 72.7 Å². The van der Waals surface area contributed by atoms with Crippen LogP contribution in [0.5, 0.6) is 0 Å². The maximum Gasteiger partial charge on any atom is 0.0540 e. The summed E-state index contributed by atoms with van der Waals surface area (Å²) in [6, 6.07) is 110. The Bertz CT molecular complexity index is 3640. The lowest BCUT2D eigenvalue weighted by Gasteiger charge is -2.29. The molecular formula is C70H53N3. The van der Waals surface area contributed by atoms with Crippen molar-refractivity contribution in [1.82, 2.24) is 0 Å². The first-order valence-electron chi connectivity index (χ1n) is 25.2. The first-order chi connectivity index (χ1) is 36.2. The highest BCUT2D eigenvalue weighted by molar-refractivity contribution is 6.00. The number of para-hydroxylation sites is 2. The average molecular weight is 936 g/mol. The zero-order valence-corrected chi connectivity index (χ0v) is 40.5. The molecule has 348 valence electrons. The molecule has 0 N–H and O–H groups in total. The SMILES string of the molecule is c1ccc(C(Cc2ccc(N(c3ccc(-c4ccc(N(c5ccc(N(c6ccccc6)c6ccccc6)cc5)c5cccc6ccccc56)cc4)cc3)c3cccc4ccccc34)cc2)c2ccccc2)cc1. The van der Waals surface area contributed by atoms with Crippen molar-refractivity contribution in [1.29, 1.82) is 0 Å². The molecule has 12 rings (SSSR count). The molecule has 0 atom stereocenters. The minimum Gasteiger partial charge on any atom is -0.311 e. The predicted molar refractivity (Wildman–Crippen MR) is 309 cm³/mol. The molecular weight excluding hydrogens is 883 g/mol. The Hall–Kier alpha value is -9.44. The zero-order valence-electron chi connectivity index (χ0n) is 40.5. The molecule has 0 aromatic heterocycles. The Morgan fingerprint density at radius 3 is 0.945 bits per heavy atom. The van der Waals surface area contributed by atoms with Gasteiger partial charge in [-0.15, -0.1) is 0 Å². The van der Waals surface area contributed by atoms with Gasteiger partial charge in [-0.2, -0.15) is 0 Å². The second-order valence-electron chi connectivity index (χ2n) is 18.5. The molecule has 0 heterocycles. The van der Waals surface area contributed by atoms with E-state index in [1.807, 2.05) is 0 Å². The van der Waals surface area contributed by atoms with Crippen molar-refractivity contribution in [2.24, 2.45) is 0 Å². The fourth-order valence-corrected chi connectivity index (χ4v) is 10.4. The largest absolute Gasteiger partial charge is 0.311 e. The van der Waals surface area contributed by atoms with Crippen molar-refractivity contribution in [2.75, 3.05) is 14.7 Å². The van der Waals surface area contributed by atoms with E-state index in [1.54, 1.807) is 0 Å². The molecule has 0 spiro atoms. The molecule has 0 unspecified atom stereocenters. The van der Waals surface area contributed by atoms with Gasteiger partial charge in [-0.25, -0.2) is 0 Å². The van der Waals surface area contributed by atoms with Crippen molar-refractivity contribution in [3.63, 3.8) is 0 Å². The average Bonchev–Trinajstić information content (AvgIpc) is 3.47. The normalized spacial score (nSPS) is 11.2. The van der Waals surface area contributed by atoms with Crippen molar-refractivity contribution < 1.29 is 0 Å². The van der Waals surface area contributed by atoms with Gasteiger partial charge >= 0.3 is 0 Å². The molecule has 0 aliphatic heterocycles. The quantitative estimate of drug-likeness (QED) is 0.108. The summed E-state index contributed by atoms with van der Waals surface area (Å²) in [6.45, 7) is 0. The van der Waals surface area contributed by atoms with E-state index in [0.717, 1.165) is 68.7 Å². The third-order valence-electron chi connectivity index (χ3n) is 14.0. The van der Waals surface area contributed by atoms with Crippen LogP contribution in [-0.2, 0) is 6.42 Å². The molecule has 3 nitrogen and oxygen atoms in total. The van der Waals surface area contributed by atoms with Crippen LogP contribution in [0, 0.1) is 0 Å². The standard InChI is InChI=1S/C70H53N3/c1-5-19-57(20-6-1)68(58-21-7-2-8-22-58)51-52-35-41-62(42-36-52)72(69-33-17-25-55-23-13-15-31-66(55)69)63-43-37-53(38-44-63)54-39-45-64(46-40-54)73(70-34-18-26-56-24-14-16-32-67(56)70)65-49-47-61(48-50-65)71(59-27-9-3-10-28-59)60-29-11-4-12-30-60/h1-50,68H,51H2. The Morgan fingerprint density at radius 1 is 0.233 bits per heavy atom. The Labute approximate surface area is 428 Å².